The van der Waals surface area contributed by atoms with Crippen molar-refractivity contribution in [3.63, 3.8) is 0 Å². The largest absolute Gasteiger partial charge is 0.493 e. The van der Waals surface area contributed by atoms with E-state index in [4.69, 9.17) is 9.47 Å². The maximum Gasteiger partial charge on any atom is 0.234 e. The molecule has 1 aliphatic rings. The Balaban J connectivity index is 1.89. The van der Waals surface area contributed by atoms with Crippen LogP contribution < -0.4 is 14.8 Å². The molecule has 126 valence electrons. The van der Waals surface area contributed by atoms with E-state index in [1.165, 1.54) is 14.0 Å². The molecule has 0 spiro atoms. The summed E-state index contributed by atoms with van der Waals surface area (Å²) < 4.78 is 10.8. The van der Waals surface area contributed by atoms with Crippen molar-refractivity contribution in [3.05, 3.63) is 23.8 Å². The molecule has 0 bridgehead atoms. The second-order valence-electron chi connectivity index (χ2n) is 5.47. The van der Waals surface area contributed by atoms with Gasteiger partial charge in [0, 0.05) is 25.2 Å². The van der Waals surface area contributed by atoms with Crippen LogP contribution in [0.3, 0.4) is 0 Å². The Morgan fingerprint density at radius 1 is 1.43 bits per heavy atom. The van der Waals surface area contributed by atoms with Crippen molar-refractivity contribution in [2.45, 2.75) is 13.0 Å². The number of carbonyl (C=O) groups excluding carboxylic acids is 2. The average Bonchev–Trinajstić information content (AvgIpc) is 2.52. The number of benzene rings is 1. The van der Waals surface area contributed by atoms with E-state index in [1.54, 1.807) is 18.2 Å². The predicted molar refractivity (Wildman–Crippen MR) is 84.0 cm³/mol. The molecule has 2 N–H and O–H groups in total. The molecule has 0 aromatic heterocycles. The standard InChI is InChI=1S/C16H22N2O5/c1-11(19)12-3-4-14(15(7-12)22-2)23-10-13(20)8-18-6-5-17-16(21)9-18/h3-4,7,13,20H,5-6,8-10H2,1-2H3,(H,17,21). The molecule has 0 saturated carbocycles. The highest BCUT2D eigenvalue weighted by Gasteiger charge is 2.19. The van der Waals surface area contributed by atoms with Gasteiger partial charge < -0.3 is 19.9 Å². The molecular weight excluding hydrogens is 300 g/mol. The van der Waals surface area contributed by atoms with Crippen molar-refractivity contribution in [3.8, 4) is 11.5 Å². The van der Waals surface area contributed by atoms with Gasteiger partial charge >= 0.3 is 0 Å². The zero-order valence-corrected chi connectivity index (χ0v) is 13.4. The Kier molecular flexibility index (Phi) is 5.95. The lowest BCUT2D eigenvalue weighted by molar-refractivity contribution is -0.124. The zero-order valence-electron chi connectivity index (χ0n) is 13.4. The van der Waals surface area contributed by atoms with Gasteiger partial charge in [-0.15, -0.1) is 0 Å². The summed E-state index contributed by atoms with van der Waals surface area (Å²) in [5, 5.41) is 12.8. The maximum absolute atomic E-state index is 11.4. The summed E-state index contributed by atoms with van der Waals surface area (Å²) in [7, 11) is 1.49. The number of nitrogens with one attached hydrogen (secondary N) is 1. The van der Waals surface area contributed by atoms with E-state index in [1.807, 2.05) is 4.90 Å². The van der Waals surface area contributed by atoms with Crippen LogP contribution in [0.25, 0.3) is 0 Å². The van der Waals surface area contributed by atoms with Crippen LogP contribution in [0.1, 0.15) is 17.3 Å². The van der Waals surface area contributed by atoms with E-state index in [9.17, 15) is 14.7 Å². The molecule has 0 aliphatic carbocycles. The number of piperazine rings is 1. The quantitative estimate of drug-likeness (QED) is 0.691. The highest BCUT2D eigenvalue weighted by molar-refractivity contribution is 5.94. The van der Waals surface area contributed by atoms with Gasteiger partial charge in [0.25, 0.3) is 0 Å². The number of ether oxygens (including phenoxy) is 2. The van der Waals surface area contributed by atoms with E-state index in [0.29, 0.717) is 36.7 Å². The summed E-state index contributed by atoms with van der Waals surface area (Å²) in [6.07, 6.45) is -0.724. The lowest BCUT2D eigenvalue weighted by Gasteiger charge is -2.28. The van der Waals surface area contributed by atoms with Crippen LogP contribution in [0.5, 0.6) is 11.5 Å². The fourth-order valence-corrected chi connectivity index (χ4v) is 2.39. The Morgan fingerprint density at radius 3 is 2.87 bits per heavy atom. The van der Waals surface area contributed by atoms with E-state index in [0.717, 1.165) is 0 Å². The number of amides is 1. The summed E-state index contributed by atoms with van der Waals surface area (Å²) in [6, 6.07) is 4.91. The van der Waals surface area contributed by atoms with E-state index >= 15 is 0 Å². The van der Waals surface area contributed by atoms with Gasteiger partial charge in [-0.3, -0.25) is 14.5 Å². The summed E-state index contributed by atoms with van der Waals surface area (Å²) in [4.78, 5) is 24.5. The number of β-amino-alcohol motifs (C(OH)–C–C–N with tert-alkyl or cyclic N) is 1. The number of Topliss-reactive ketones (excluding diaryl/α,β-unsaturated/α-hetero) is 1. The average molecular weight is 322 g/mol. The topological polar surface area (TPSA) is 88.1 Å². The SMILES string of the molecule is COc1cc(C(C)=O)ccc1OCC(O)CN1CCNC(=O)C1. The van der Waals surface area contributed by atoms with Crippen molar-refractivity contribution in [2.24, 2.45) is 0 Å². The molecule has 1 aromatic carbocycles. The molecule has 1 fully saturated rings. The second kappa shape index (κ2) is 7.94. The minimum Gasteiger partial charge on any atom is -0.493 e. The number of aliphatic hydroxyl groups excluding tert-OH is 1. The second-order valence-corrected chi connectivity index (χ2v) is 5.47. The van der Waals surface area contributed by atoms with Gasteiger partial charge in [0.15, 0.2) is 17.3 Å². The van der Waals surface area contributed by atoms with Crippen molar-refractivity contribution in [1.82, 2.24) is 10.2 Å². The van der Waals surface area contributed by atoms with E-state index in [-0.39, 0.29) is 24.8 Å². The van der Waals surface area contributed by atoms with Gasteiger partial charge in [-0.1, -0.05) is 0 Å². The van der Waals surface area contributed by atoms with E-state index in [2.05, 4.69) is 5.32 Å². The minimum atomic E-state index is -0.724. The van der Waals surface area contributed by atoms with Crippen LogP contribution in [-0.2, 0) is 4.79 Å². The summed E-state index contributed by atoms with van der Waals surface area (Å²) >= 11 is 0. The molecule has 7 nitrogen and oxygen atoms in total. The first-order valence-electron chi connectivity index (χ1n) is 7.48. The minimum absolute atomic E-state index is 0.0362. The van der Waals surface area contributed by atoms with Gasteiger partial charge in [-0.05, 0) is 25.1 Å². The lowest BCUT2D eigenvalue weighted by Crippen LogP contribution is -2.50. The Morgan fingerprint density at radius 2 is 2.22 bits per heavy atom. The predicted octanol–water partition coefficient (Wildman–Crippen LogP) is 0.0693. The highest BCUT2D eigenvalue weighted by atomic mass is 16.5. The summed E-state index contributed by atoms with van der Waals surface area (Å²) in [5.41, 5.74) is 0.536. The van der Waals surface area contributed by atoms with Gasteiger partial charge in [0.2, 0.25) is 5.91 Å². The van der Waals surface area contributed by atoms with Gasteiger partial charge in [-0.2, -0.15) is 0 Å². The molecule has 1 heterocycles. The van der Waals surface area contributed by atoms with E-state index < -0.39 is 6.10 Å². The lowest BCUT2D eigenvalue weighted by atomic mass is 10.1. The van der Waals surface area contributed by atoms with Crippen LogP contribution in [0.15, 0.2) is 18.2 Å². The fraction of sp³-hybridized carbons (Fsp3) is 0.500. The van der Waals surface area contributed by atoms with Crippen LogP contribution in [0.2, 0.25) is 0 Å². The fourth-order valence-electron chi connectivity index (χ4n) is 2.39. The first-order chi connectivity index (χ1) is 11.0. The zero-order chi connectivity index (χ0) is 16.8. The van der Waals surface area contributed by atoms with Crippen molar-refractivity contribution in [2.75, 3.05) is 39.9 Å². The third-order valence-electron chi connectivity index (χ3n) is 3.59. The summed E-state index contributed by atoms with van der Waals surface area (Å²) in [5.74, 6) is 0.819. The Labute approximate surface area is 135 Å². The molecule has 1 saturated heterocycles. The number of carbonyl (C=O) groups is 2. The summed E-state index contributed by atoms with van der Waals surface area (Å²) in [6.45, 7) is 3.50. The molecule has 1 aliphatic heterocycles. The molecule has 7 heteroatoms. The molecule has 2 rings (SSSR count). The number of rotatable bonds is 7. The van der Waals surface area contributed by atoms with Crippen LogP contribution >= 0.6 is 0 Å². The van der Waals surface area contributed by atoms with Crippen LogP contribution in [-0.4, -0.2) is 67.7 Å². The number of hydrogen-bond donors (Lipinski definition) is 2. The molecular formula is C16H22N2O5. The maximum atomic E-state index is 11.4. The number of aliphatic hydroxyl groups is 1. The third-order valence-corrected chi connectivity index (χ3v) is 3.59. The number of methoxy groups -OCH3 is 1. The third kappa shape index (κ3) is 4.94. The molecule has 23 heavy (non-hydrogen) atoms. The molecule has 1 atom stereocenters. The highest BCUT2D eigenvalue weighted by Crippen LogP contribution is 2.28. The van der Waals surface area contributed by atoms with Crippen molar-refractivity contribution >= 4 is 11.7 Å². The molecule has 1 amide bonds. The number of ketones is 1. The molecule has 1 unspecified atom stereocenters. The number of nitrogens with zero attached hydrogens (tertiary/aromatic N) is 1. The van der Waals surface area contributed by atoms with Crippen LogP contribution in [0.4, 0.5) is 0 Å². The number of hydrogen-bond acceptors (Lipinski definition) is 6. The Bertz CT molecular complexity index is 576. The van der Waals surface area contributed by atoms with Crippen molar-refractivity contribution in [1.29, 1.82) is 0 Å². The first kappa shape index (κ1) is 17.2. The first-order valence-corrected chi connectivity index (χ1v) is 7.48. The monoisotopic (exact) mass is 322 g/mol. The normalized spacial score (nSPS) is 16.6. The smallest absolute Gasteiger partial charge is 0.234 e. The Hall–Kier alpha value is -2.12. The van der Waals surface area contributed by atoms with Gasteiger partial charge in [-0.25, -0.2) is 0 Å². The van der Waals surface area contributed by atoms with Crippen LogP contribution in [0, 0.1) is 0 Å². The van der Waals surface area contributed by atoms with Gasteiger partial charge in [0.1, 0.15) is 12.7 Å². The molecule has 1 aromatic rings. The molecule has 0 radical (unpaired) electrons. The van der Waals surface area contributed by atoms with Gasteiger partial charge in [0.05, 0.1) is 13.7 Å². The van der Waals surface area contributed by atoms with Crippen molar-refractivity contribution < 1.29 is 24.2 Å².